The molecule has 0 aliphatic rings. The largest absolute Gasteiger partial charge is 0.320 e. The summed E-state index contributed by atoms with van der Waals surface area (Å²) in [7, 11) is 0. The zero-order chi connectivity index (χ0) is 13.0. The Morgan fingerprint density at radius 3 is 2.89 bits per heavy atom. The van der Waals surface area contributed by atoms with E-state index in [-0.39, 0.29) is 12.4 Å². The molecule has 92 valence electrons. The van der Waals surface area contributed by atoms with Gasteiger partial charge >= 0.3 is 0 Å². The van der Waals surface area contributed by atoms with E-state index < -0.39 is 0 Å². The predicted octanol–water partition coefficient (Wildman–Crippen LogP) is 1.69. The first kappa shape index (κ1) is 12.3. The first-order chi connectivity index (χ1) is 8.67. The third-order valence-corrected chi connectivity index (χ3v) is 2.41. The first-order valence-corrected chi connectivity index (χ1v) is 5.66. The monoisotopic (exact) mass is 243 g/mol. The van der Waals surface area contributed by atoms with Crippen molar-refractivity contribution < 1.29 is 4.39 Å². The fraction of sp³-hybridized carbons (Fsp3) is 0.214. The van der Waals surface area contributed by atoms with Crippen LogP contribution in [0.3, 0.4) is 0 Å². The number of aromatic nitrogens is 2. The Kier molecular flexibility index (Phi) is 3.75. The first-order valence-electron chi connectivity index (χ1n) is 5.66. The molecule has 0 atom stereocenters. The van der Waals surface area contributed by atoms with Crippen molar-refractivity contribution in [2.75, 3.05) is 6.54 Å². The molecule has 1 heterocycles. The van der Waals surface area contributed by atoms with Gasteiger partial charge in [-0.1, -0.05) is 11.8 Å². The molecule has 2 aromatic rings. The summed E-state index contributed by atoms with van der Waals surface area (Å²) >= 11 is 0. The Bertz CT molecular complexity index is 605. The predicted molar refractivity (Wildman–Crippen MR) is 68.4 cm³/mol. The number of aryl methyl sites for hydroxylation is 1. The van der Waals surface area contributed by atoms with E-state index in [1.165, 1.54) is 12.1 Å². The molecule has 2 rings (SSSR count). The van der Waals surface area contributed by atoms with E-state index in [0.717, 1.165) is 11.3 Å². The van der Waals surface area contributed by atoms with Gasteiger partial charge in [0.05, 0.1) is 18.8 Å². The van der Waals surface area contributed by atoms with Crippen LogP contribution in [0.4, 0.5) is 4.39 Å². The minimum atomic E-state index is -0.294. The van der Waals surface area contributed by atoms with Crippen molar-refractivity contribution in [3.63, 3.8) is 0 Å². The summed E-state index contributed by atoms with van der Waals surface area (Å²) in [6.07, 6.45) is 1.87. The SMILES string of the molecule is Cc1ccn(Cc2cc(F)cc(C#CCN)c2)n1. The highest BCUT2D eigenvalue weighted by Gasteiger charge is 2.01. The molecule has 0 fully saturated rings. The third kappa shape index (κ3) is 3.19. The van der Waals surface area contributed by atoms with E-state index in [9.17, 15) is 4.39 Å². The molecule has 0 amide bonds. The quantitative estimate of drug-likeness (QED) is 0.816. The van der Waals surface area contributed by atoms with Gasteiger partial charge in [-0.15, -0.1) is 0 Å². The molecule has 0 aliphatic heterocycles. The van der Waals surface area contributed by atoms with E-state index in [1.807, 2.05) is 25.3 Å². The van der Waals surface area contributed by atoms with Gasteiger partial charge in [-0.25, -0.2) is 4.39 Å². The van der Waals surface area contributed by atoms with Gasteiger partial charge in [-0.05, 0) is 36.8 Å². The molecule has 4 heteroatoms. The summed E-state index contributed by atoms with van der Waals surface area (Å²) in [6.45, 7) is 2.72. The van der Waals surface area contributed by atoms with Gasteiger partial charge in [0.15, 0.2) is 0 Å². The summed E-state index contributed by atoms with van der Waals surface area (Å²) in [5, 5.41) is 4.27. The zero-order valence-electron chi connectivity index (χ0n) is 10.2. The molecular formula is C14H14FN3. The molecule has 0 bridgehead atoms. The fourth-order valence-corrected chi connectivity index (χ4v) is 1.71. The molecule has 0 saturated carbocycles. The van der Waals surface area contributed by atoms with Crippen LogP contribution in [0.5, 0.6) is 0 Å². The van der Waals surface area contributed by atoms with Crippen LogP contribution in [0.2, 0.25) is 0 Å². The minimum Gasteiger partial charge on any atom is -0.320 e. The number of nitrogens with two attached hydrogens (primary N) is 1. The highest BCUT2D eigenvalue weighted by molar-refractivity contribution is 5.38. The lowest BCUT2D eigenvalue weighted by atomic mass is 10.1. The highest BCUT2D eigenvalue weighted by atomic mass is 19.1. The number of rotatable bonds is 2. The molecule has 0 saturated heterocycles. The lowest BCUT2D eigenvalue weighted by Gasteiger charge is -2.03. The maximum Gasteiger partial charge on any atom is 0.124 e. The van der Waals surface area contributed by atoms with Crippen molar-refractivity contribution in [2.24, 2.45) is 5.73 Å². The second kappa shape index (κ2) is 5.48. The van der Waals surface area contributed by atoms with Gasteiger partial charge < -0.3 is 5.73 Å². The summed E-state index contributed by atoms with van der Waals surface area (Å²) in [6, 6.07) is 6.66. The maximum atomic E-state index is 13.4. The fourth-order valence-electron chi connectivity index (χ4n) is 1.71. The number of hydrogen-bond donors (Lipinski definition) is 1. The van der Waals surface area contributed by atoms with Crippen LogP contribution < -0.4 is 5.73 Å². The maximum absolute atomic E-state index is 13.4. The van der Waals surface area contributed by atoms with Crippen LogP contribution in [-0.4, -0.2) is 16.3 Å². The topological polar surface area (TPSA) is 43.8 Å². The van der Waals surface area contributed by atoms with Crippen LogP contribution in [0.25, 0.3) is 0 Å². The van der Waals surface area contributed by atoms with Crippen molar-refractivity contribution in [1.29, 1.82) is 0 Å². The molecule has 0 spiro atoms. The van der Waals surface area contributed by atoms with Crippen molar-refractivity contribution in [3.8, 4) is 11.8 Å². The molecule has 1 aromatic heterocycles. The van der Waals surface area contributed by atoms with Crippen LogP contribution in [0.15, 0.2) is 30.5 Å². The Balaban J connectivity index is 2.25. The average Bonchev–Trinajstić information content (AvgIpc) is 2.71. The van der Waals surface area contributed by atoms with Crippen LogP contribution in [-0.2, 0) is 6.54 Å². The van der Waals surface area contributed by atoms with Crippen molar-refractivity contribution in [1.82, 2.24) is 9.78 Å². The lowest BCUT2D eigenvalue weighted by Crippen LogP contribution is -2.01. The van der Waals surface area contributed by atoms with Gasteiger partial charge in [-0.2, -0.15) is 5.10 Å². The van der Waals surface area contributed by atoms with E-state index in [2.05, 4.69) is 16.9 Å². The summed E-state index contributed by atoms with van der Waals surface area (Å²) in [5.74, 6) is 5.25. The Morgan fingerprint density at radius 1 is 1.39 bits per heavy atom. The number of halogens is 1. The van der Waals surface area contributed by atoms with E-state index in [4.69, 9.17) is 5.73 Å². The molecule has 3 nitrogen and oxygen atoms in total. The molecular weight excluding hydrogens is 229 g/mol. The highest BCUT2D eigenvalue weighted by Crippen LogP contribution is 2.10. The van der Waals surface area contributed by atoms with E-state index in [1.54, 1.807) is 4.68 Å². The number of nitrogens with zero attached hydrogens (tertiary/aromatic N) is 2. The molecule has 1 aromatic carbocycles. The standard InChI is InChI=1S/C14H14FN3/c1-11-4-6-18(17-11)10-13-7-12(3-2-5-16)8-14(15)9-13/h4,6-9H,5,10,16H2,1H3. The minimum absolute atomic E-state index is 0.268. The Morgan fingerprint density at radius 2 is 2.22 bits per heavy atom. The lowest BCUT2D eigenvalue weighted by molar-refractivity contribution is 0.618. The summed E-state index contributed by atoms with van der Waals surface area (Å²) in [4.78, 5) is 0. The molecule has 0 aliphatic carbocycles. The third-order valence-electron chi connectivity index (χ3n) is 2.41. The number of hydrogen-bond acceptors (Lipinski definition) is 2. The van der Waals surface area contributed by atoms with Crippen LogP contribution >= 0.6 is 0 Å². The molecule has 0 unspecified atom stereocenters. The van der Waals surface area contributed by atoms with Crippen LogP contribution in [0, 0.1) is 24.6 Å². The van der Waals surface area contributed by atoms with Crippen molar-refractivity contribution >= 4 is 0 Å². The summed E-state index contributed by atoms with van der Waals surface area (Å²) in [5.41, 5.74) is 7.71. The molecule has 18 heavy (non-hydrogen) atoms. The van der Waals surface area contributed by atoms with Gasteiger partial charge in [0.25, 0.3) is 0 Å². The smallest absolute Gasteiger partial charge is 0.124 e. The number of benzene rings is 1. The van der Waals surface area contributed by atoms with E-state index >= 15 is 0 Å². The second-order valence-corrected chi connectivity index (χ2v) is 4.01. The van der Waals surface area contributed by atoms with Crippen LogP contribution in [0.1, 0.15) is 16.8 Å². The Hall–Kier alpha value is -2.12. The average molecular weight is 243 g/mol. The zero-order valence-corrected chi connectivity index (χ0v) is 10.2. The van der Waals surface area contributed by atoms with Gasteiger partial charge in [-0.3, -0.25) is 4.68 Å². The van der Waals surface area contributed by atoms with E-state index in [0.29, 0.717) is 12.1 Å². The van der Waals surface area contributed by atoms with Gasteiger partial charge in [0.1, 0.15) is 5.82 Å². The van der Waals surface area contributed by atoms with Crippen molar-refractivity contribution in [2.45, 2.75) is 13.5 Å². The van der Waals surface area contributed by atoms with Gasteiger partial charge in [0, 0.05) is 11.8 Å². The summed E-state index contributed by atoms with van der Waals surface area (Å²) < 4.78 is 15.2. The normalized spacial score (nSPS) is 9.94. The van der Waals surface area contributed by atoms with Gasteiger partial charge in [0.2, 0.25) is 0 Å². The molecule has 0 radical (unpaired) electrons. The van der Waals surface area contributed by atoms with Crippen molar-refractivity contribution in [3.05, 3.63) is 53.1 Å². The molecule has 2 N–H and O–H groups in total. The second-order valence-electron chi connectivity index (χ2n) is 4.01. The Labute approximate surface area is 105 Å².